The second-order valence-corrected chi connectivity index (χ2v) is 25.2. The Bertz CT molecular complexity index is 4820. The summed E-state index contributed by atoms with van der Waals surface area (Å²) >= 11 is 0. The fourth-order valence-corrected chi connectivity index (χ4v) is 15.1. The van der Waals surface area contributed by atoms with Crippen LogP contribution < -0.4 is 9.80 Å². The number of hydrogen-bond donors (Lipinski definition) is 0. The first-order chi connectivity index (χ1) is 41.4. The summed E-state index contributed by atoms with van der Waals surface area (Å²) in [5, 5.41) is 5.05. The minimum atomic E-state index is -0.372. The number of rotatable bonds is 9. The molecule has 0 aromatic heterocycles. The van der Waals surface area contributed by atoms with Crippen molar-refractivity contribution in [2.45, 2.75) is 57.8 Å². The predicted molar refractivity (Wildman–Crippen MR) is 360 cm³/mol. The fourth-order valence-electron chi connectivity index (χ4n) is 15.1. The Labute approximate surface area is 499 Å². The molecule has 0 fully saturated rings. The van der Waals surface area contributed by atoms with Crippen LogP contribution in [0.5, 0.6) is 0 Å². The summed E-state index contributed by atoms with van der Waals surface area (Å²) < 4.78 is 0. The summed E-state index contributed by atoms with van der Waals surface area (Å²) in [5.41, 5.74) is 29.3. The molecular formula is C83H64N2. The molecule has 0 amide bonds. The van der Waals surface area contributed by atoms with E-state index in [1.165, 1.54) is 122 Å². The van der Waals surface area contributed by atoms with Gasteiger partial charge in [-0.05, 0) is 194 Å². The summed E-state index contributed by atoms with van der Waals surface area (Å²) in [6.07, 6.45) is 0. The van der Waals surface area contributed by atoms with Crippen LogP contribution >= 0.6 is 0 Å². The highest BCUT2D eigenvalue weighted by Gasteiger charge is 2.40. The zero-order valence-electron chi connectivity index (χ0n) is 49.0. The summed E-state index contributed by atoms with van der Waals surface area (Å²) in [4.78, 5) is 4.97. The van der Waals surface area contributed by atoms with Crippen molar-refractivity contribution in [3.05, 3.63) is 312 Å². The number of hydrogen-bond acceptors (Lipinski definition) is 2. The van der Waals surface area contributed by atoms with E-state index in [1.807, 2.05) is 0 Å². The van der Waals surface area contributed by atoms with Crippen LogP contribution in [0.25, 0.3) is 88.3 Å². The third-order valence-electron chi connectivity index (χ3n) is 19.4. The van der Waals surface area contributed by atoms with Crippen LogP contribution in [-0.4, -0.2) is 0 Å². The molecule has 13 aromatic rings. The van der Waals surface area contributed by atoms with Gasteiger partial charge in [-0.2, -0.15) is 0 Å². The molecule has 0 aliphatic heterocycles. The van der Waals surface area contributed by atoms with E-state index in [-0.39, 0.29) is 16.2 Å². The molecule has 0 spiro atoms. The highest BCUT2D eigenvalue weighted by Crippen LogP contribution is 2.58. The van der Waals surface area contributed by atoms with E-state index in [1.54, 1.807) is 0 Å². The number of fused-ring (bicyclic) bond motifs is 10. The van der Waals surface area contributed by atoms with Crippen LogP contribution in [0.2, 0.25) is 0 Å². The van der Waals surface area contributed by atoms with Gasteiger partial charge in [0.1, 0.15) is 0 Å². The van der Waals surface area contributed by atoms with E-state index in [0.717, 1.165) is 34.1 Å². The van der Waals surface area contributed by atoms with Crippen molar-refractivity contribution >= 4 is 55.7 Å². The molecule has 85 heavy (non-hydrogen) atoms. The molecule has 0 heterocycles. The molecule has 0 saturated heterocycles. The topological polar surface area (TPSA) is 6.48 Å². The van der Waals surface area contributed by atoms with Gasteiger partial charge in [-0.25, -0.2) is 0 Å². The summed E-state index contributed by atoms with van der Waals surface area (Å²) in [5.74, 6) is 0. The van der Waals surface area contributed by atoms with Crippen LogP contribution in [0.3, 0.4) is 0 Å². The molecule has 0 bridgehead atoms. The molecule has 2 heteroatoms. The average Bonchev–Trinajstić information content (AvgIpc) is 1.98. The third-order valence-corrected chi connectivity index (χ3v) is 19.4. The maximum Gasteiger partial charge on any atom is 0.0468 e. The number of anilines is 6. The van der Waals surface area contributed by atoms with E-state index in [2.05, 4.69) is 330 Å². The van der Waals surface area contributed by atoms with E-state index >= 15 is 0 Å². The molecule has 13 aromatic carbocycles. The zero-order valence-corrected chi connectivity index (χ0v) is 49.0. The van der Waals surface area contributed by atoms with E-state index in [9.17, 15) is 0 Å². The van der Waals surface area contributed by atoms with E-state index in [0.29, 0.717) is 0 Å². The lowest BCUT2D eigenvalue weighted by Gasteiger charge is -2.38. The number of benzene rings is 13. The summed E-state index contributed by atoms with van der Waals surface area (Å²) in [6.45, 7) is 14.4. The van der Waals surface area contributed by atoms with Crippen molar-refractivity contribution in [3.63, 3.8) is 0 Å². The minimum Gasteiger partial charge on any atom is -0.310 e. The molecule has 0 N–H and O–H groups in total. The molecule has 3 aliphatic carbocycles. The van der Waals surface area contributed by atoms with Crippen LogP contribution in [0.1, 0.15) is 74.9 Å². The summed E-state index contributed by atoms with van der Waals surface area (Å²) in [6, 6.07) is 105. The van der Waals surface area contributed by atoms with Crippen molar-refractivity contribution in [1.29, 1.82) is 0 Å². The van der Waals surface area contributed by atoms with Gasteiger partial charge >= 0.3 is 0 Å². The van der Waals surface area contributed by atoms with E-state index < -0.39 is 0 Å². The van der Waals surface area contributed by atoms with Crippen LogP contribution in [0.15, 0.2) is 279 Å². The lowest BCUT2D eigenvalue weighted by atomic mass is 9.66. The first-order valence-electron chi connectivity index (χ1n) is 30.1. The third kappa shape index (κ3) is 7.78. The zero-order chi connectivity index (χ0) is 57.3. The van der Waals surface area contributed by atoms with Crippen molar-refractivity contribution in [2.75, 3.05) is 9.80 Å². The Morgan fingerprint density at radius 3 is 1.06 bits per heavy atom. The number of nitrogens with zero attached hydrogens (tertiary/aromatic N) is 2. The molecule has 2 nitrogen and oxygen atoms in total. The molecular weight excluding hydrogens is 1020 g/mol. The predicted octanol–water partition coefficient (Wildman–Crippen LogP) is 22.9. The lowest BCUT2D eigenvalue weighted by Crippen LogP contribution is -2.25. The Kier molecular flexibility index (Phi) is 11.3. The molecule has 3 aliphatic rings. The van der Waals surface area contributed by atoms with Gasteiger partial charge in [0, 0.05) is 50.4 Å². The van der Waals surface area contributed by atoms with Crippen LogP contribution in [0.4, 0.5) is 34.1 Å². The average molecular weight is 1090 g/mol. The standard InChI is InChI=1S/C83H64N2/c1-81(2)72-30-18-16-27-64(72)66-45-41-61(50-75(66)81)84(58-37-33-55(34-38-58)53-21-10-7-11-22-53)60-43-47-69-71(49-60)68-29-20-32-74-79(68)80(78(69)57-25-14-9-15-26-57)70-48-44-63(52-77(70)83(74,5)6)85(59-39-35-56(36-40-59)54-23-12-8-13-24-54)62-42-46-67-65-28-17-19-31-73(65)82(3,4)76(67)51-62/h7-52H,1-6H3. The Balaban J connectivity index is 0.892. The van der Waals surface area contributed by atoms with Crippen molar-refractivity contribution in [3.8, 4) is 66.8 Å². The van der Waals surface area contributed by atoms with Gasteiger partial charge in [-0.3, -0.25) is 0 Å². The monoisotopic (exact) mass is 1090 g/mol. The quantitative estimate of drug-likeness (QED) is 0.133. The van der Waals surface area contributed by atoms with Gasteiger partial charge < -0.3 is 9.80 Å². The van der Waals surface area contributed by atoms with Crippen molar-refractivity contribution in [2.24, 2.45) is 0 Å². The highest BCUT2D eigenvalue weighted by molar-refractivity contribution is 6.24. The molecule has 0 radical (unpaired) electrons. The Morgan fingerprint density at radius 1 is 0.212 bits per heavy atom. The van der Waals surface area contributed by atoms with Crippen LogP contribution in [0, 0.1) is 0 Å². The smallest absolute Gasteiger partial charge is 0.0468 e. The Hall–Kier alpha value is -10.0. The lowest BCUT2D eigenvalue weighted by molar-refractivity contribution is 0.645. The SMILES string of the molecule is CC1(C)c2ccccc2-c2ccc(N(c3ccc(-c4ccccc4)cc3)c3ccc4c(c3)C(C)(C)c3cccc5c3c-4c(-c3ccccc3)c3ccc(N(c4ccc(-c6ccccc6)cc4)c4ccc6c(c4)C(C)(C)c4ccccc4-6)cc35)cc21. The normalized spacial score (nSPS) is 14.3. The highest BCUT2D eigenvalue weighted by atomic mass is 15.1. The van der Waals surface area contributed by atoms with Gasteiger partial charge in [0.05, 0.1) is 0 Å². The fraction of sp³-hybridized carbons (Fsp3) is 0.108. The minimum absolute atomic E-state index is 0.152. The van der Waals surface area contributed by atoms with Gasteiger partial charge in [0.2, 0.25) is 0 Å². The maximum atomic E-state index is 2.51. The van der Waals surface area contributed by atoms with Gasteiger partial charge in [0.15, 0.2) is 0 Å². The Morgan fingerprint density at radius 2 is 0.565 bits per heavy atom. The maximum absolute atomic E-state index is 2.51. The van der Waals surface area contributed by atoms with E-state index in [4.69, 9.17) is 0 Å². The van der Waals surface area contributed by atoms with Crippen molar-refractivity contribution in [1.82, 2.24) is 0 Å². The van der Waals surface area contributed by atoms with Gasteiger partial charge in [0.25, 0.3) is 0 Å². The molecule has 16 rings (SSSR count). The molecule has 0 saturated carbocycles. The van der Waals surface area contributed by atoms with Crippen molar-refractivity contribution < 1.29 is 0 Å². The largest absolute Gasteiger partial charge is 0.310 e. The van der Waals surface area contributed by atoms with Crippen LogP contribution in [-0.2, 0) is 16.2 Å². The molecule has 406 valence electrons. The molecule has 0 atom stereocenters. The molecule has 0 unspecified atom stereocenters. The second kappa shape index (κ2) is 19.0. The summed E-state index contributed by atoms with van der Waals surface area (Å²) in [7, 11) is 0. The van der Waals surface area contributed by atoms with Gasteiger partial charge in [-0.15, -0.1) is 0 Å². The second-order valence-electron chi connectivity index (χ2n) is 25.2. The first-order valence-corrected chi connectivity index (χ1v) is 30.1. The first kappa shape index (κ1) is 50.7. The van der Waals surface area contributed by atoms with Gasteiger partial charge in [-0.1, -0.05) is 248 Å².